The molecule has 4 aromatic rings. The highest BCUT2D eigenvalue weighted by Crippen LogP contribution is 2.38. The summed E-state index contributed by atoms with van der Waals surface area (Å²) in [7, 11) is 1.53. The molecule has 5 rings (SSSR count). The molecule has 0 N–H and O–H groups in total. The van der Waals surface area contributed by atoms with E-state index in [4.69, 9.17) is 18.6 Å². The molecule has 1 saturated heterocycles. The molecule has 1 aliphatic rings. The molecule has 37 heavy (non-hydrogen) atoms. The first-order valence-corrected chi connectivity index (χ1v) is 13.4. The van der Waals surface area contributed by atoms with Crippen molar-refractivity contribution in [3.63, 3.8) is 0 Å². The molecular formula is C27H28FN3O5S. The summed E-state index contributed by atoms with van der Waals surface area (Å²) in [5.74, 6) is 1.02. The van der Waals surface area contributed by atoms with Gasteiger partial charge in [-0.1, -0.05) is 24.8 Å². The first kappa shape index (κ1) is 25.4. The molecule has 0 atom stereocenters. The second kappa shape index (κ2) is 11.0. The molecule has 1 fully saturated rings. The van der Waals surface area contributed by atoms with Crippen molar-refractivity contribution in [1.29, 1.82) is 0 Å². The van der Waals surface area contributed by atoms with E-state index in [1.807, 2.05) is 24.1 Å². The standard InChI is InChI=1S/C27H28FN3O5S/c1-4-18-20(28)7-6-16-12-17(35-15-33-2)13-19(23(16)18)22-14-21-24(26(32)36-22)25(30-27(29-21)37-3)31-8-5-10-34-11-9-31/h6-7,12-14H,4-5,8-11,15H2,1-3H3. The lowest BCUT2D eigenvalue weighted by atomic mass is 9.95. The quantitative estimate of drug-likeness (QED) is 0.187. The molecule has 0 radical (unpaired) electrons. The minimum absolute atomic E-state index is 0.0433. The number of fused-ring (bicyclic) bond motifs is 2. The van der Waals surface area contributed by atoms with E-state index in [9.17, 15) is 9.18 Å². The Hall–Kier alpha value is -3.21. The summed E-state index contributed by atoms with van der Waals surface area (Å²) in [5.41, 5.74) is 1.00. The van der Waals surface area contributed by atoms with Crippen LogP contribution in [0.15, 0.2) is 44.7 Å². The van der Waals surface area contributed by atoms with E-state index in [-0.39, 0.29) is 18.4 Å². The molecule has 0 unspecified atom stereocenters. The Morgan fingerprint density at radius 1 is 1.14 bits per heavy atom. The van der Waals surface area contributed by atoms with Gasteiger partial charge < -0.3 is 23.5 Å². The molecule has 194 valence electrons. The minimum Gasteiger partial charge on any atom is -0.468 e. The average molecular weight is 526 g/mol. The first-order chi connectivity index (χ1) is 18.0. The van der Waals surface area contributed by atoms with Gasteiger partial charge in [-0.25, -0.2) is 19.2 Å². The van der Waals surface area contributed by atoms with Gasteiger partial charge in [0, 0.05) is 38.4 Å². The number of methoxy groups -OCH3 is 1. The molecule has 8 nitrogen and oxygen atoms in total. The van der Waals surface area contributed by atoms with Crippen molar-refractivity contribution in [2.75, 3.05) is 51.4 Å². The number of rotatable bonds is 7. The van der Waals surface area contributed by atoms with Gasteiger partial charge >= 0.3 is 5.63 Å². The van der Waals surface area contributed by atoms with E-state index in [2.05, 4.69) is 9.97 Å². The number of aryl methyl sites for hydroxylation is 1. The van der Waals surface area contributed by atoms with E-state index >= 15 is 0 Å². The fraction of sp³-hybridized carbons (Fsp3) is 0.370. The fourth-order valence-electron chi connectivity index (χ4n) is 4.70. The largest absolute Gasteiger partial charge is 0.468 e. The van der Waals surface area contributed by atoms with Crippen molar-refractivity contribution in [2.24, 2.45) is 0 Å². The van der Waals surface area contributed by atoms with Crippen LogP contribution >= 0.6 is 11.8 Å². The van der Waals surface area contributed by atoms with Gasteiger partial charge in [-0.3, -0.25) is 0 Å². The lowest BCUT2D eigenvalue weighted by Crippen LogP contribution is -2.28. The first-order valence-electron chi connectivity index (χ1n) is 12.1. The van der Waals surface area contributed by atoms with Crippen LogP contribution in [0.3, 0.4) is 0 Å². The van der Waals surface area contributed by atoms with Crippen molar-refractivity contribution in [3.05, 3.63) is 52.1 Å². The summed E-state index contributed by atoms with van der Waals surface area (Å²) in [6.07, 6.45) is 3.19. The summed E-state index contributed by atoms with van der Waals surface area (Å²) < 4.78 is 37.1. The Morgan fingerprint density at radius 3 is 2.78 bits per heavy atom. The number of halogens is 1. The molecule has 2 aromatic carbocycles. The number of hydrogen-bond acceptors (Lipinski definition) is 9. The molecule has 0 bridgehead atoms. The normalized spacial score (nSPS) is 14.3. The summed E-state index contributed by atoms with van der Waals surface area (Å²) in [5, 5.41) is 2.30. The van der Waals surface area contributed by atoms with Gasteiger partial charge in [-0.2, -0.15) is 0 Å². The van der Waals surface area contributed by atoms with E-state index < -0.39 is 5.63 Å². The molecule has 1 aliphatic heterocycles. The summed E-state index contributed by atoms with van der Waals surface area (Å²) in [4.78, 5) is 24.9. The summed E-state index contributed by atoms with van der Waals surface area (Å²) >= 11 is 1.40. The third kappa shape index (κ3) is 5.01. The van der Waals surface area contributed by atoms with Crippen molar-refractivity contribution >= 4 is 39.3 Å². The summed E-state index contributed by atoms with van der Waals surface area (Å²) in [6.45, 7) is 4.48. The second-order valence-corrected chi connectivity index (χ2v) is 9.42. The molecule has 0 spiro atoms. The van der Waals surface area contributed by atoms with Crippen LogP contribution in [0.4, 0.5) is 10.2 Å². The highest BCUT2D eigenvalue weighted by atomic mass is 32.2. The predicted molar refractivity (Wildman–Crippen MR) is 142 cm³/mol. The van der Waals surface area contributed by atoms with Crippen molar-refractivity contribution in [3.8, 4) is 17.1 Å². The Labute approximate surface area is 217 Å². The maximum absolute atomic E-state index is 14.9. The van der Waals surface area contributed by atoms with Crippen molar-refractivity contribution in [1.82, 2.24) is 9.97 Å². The molecule has 0 aliphatic carbocycles. The molecule has 0 saturated carbocycles. The van der Waals surface area contributed by atoms with Gasteiger partial charge in [-0.15, -0.1) is 0 Å². The third-order valence-electron chi connectivity index (χ3n) is 6.38. The van der Waals surface area contributed by atoms with Gasteiger partial charge in [0.1, 0.15) is 28.5 Å². The van der Waals surface area contributed by atoms with Crippen LogP contribution in [0.1, 0.15) is 18.9 Å². The van der Waals surface area contributed by atoms with E-state index in [1.165, 1.54) is 24.9 Å². The maximum atomic E-state index is 14.9. The number of hydrogen-bond donors (Lipinski definition) is 0. The fourth-order valence-corrected chi connectivity index (χ4v) is 5.07. The lowest BCUT2D eigenvalue weighted by molar-refractivity contribution is 0.0512. The van der Waals surface area contributed by atoms with Gasteiger partial charge in [0.05, 0.1) is 12.1 Å². The van der Waals surface area contributed by atoms with E-state index in [0.717, 1.165) is 11.8 Å². The summed E-state index contributed by atoms with van der Waals surface area (Å²) in [6, 6.07) is 8.43. The number of aromatic nitrogens is 2. The maximum Gasteiger partial charge on any atom is 0.349 e. The van der Waals surface area contributed by atoms with Crippen LogP contribution in [-0.4, -0.2) is 56.4 Å². The highest BCUT2D eigenvalue weighted by molar-refractivity contribution is 7.98. The molecular weight excluding hydrogens is 497 g/mol. The van der Waals surface area contributed by atoms with Crippen LogP contribution in [0.5, 0.6) is 5.75 Å². The molecule has 10 heteroatoms. The zero-order chi connectivity index (χ0) is 25.9. The van der Waals surface area contributed by atoms with E-state index in [1.54, 1.807) is 18.2 Å². The number of thioether (sulfide) groups is 1. The van der Waals surface area contributed by atoms with Gasteiger partial charge in [-0.05, 0) is 53.6 Å². The third-order valence-corrected chi connectivity index (χ3v) is 6.93. The number of ether oxygens (including phenoxy) is 3. The Bertz CT molecular complexity index is 1500. The van der Waals surface area contributed by atoms with E-state index in [0.29, 0.717) is 76.9 Å². The predicted octanol–water partition coefficient (Wildman–Crippen LogP) is 5.04. The monoisotopic (exact) mass is 525 g/mol. The minimum atomic E-state index is -0.550. The number of nitrogens with zero attached hydrogens (tertiary/aromatic N) is 3. The van der Waals surface area contributed by atoms with Gasteiger partial charge in [0.2, 0.25) is 0 Å². The van der Waals surface area contributed by atoms with Crippen molar-refractivity contribution in [2.45, 2.75) is 24.9 Å². The van der Waals surface area contributed by atoms with Crippen LogP contribution in [0.2, 0.25) is 0 Å². The van der Waals surface area contributed by atoms with Crippen molar-refractivity contribution < 1.29 is 23.0 Å². The second-order valence-electron chi connectivity index (χ2n) is 8.64. The van der Waals surface area contributed by atoms with Crippen LogP contribution in [-0.2, 0) is 15.9 Å². The number of anilines is 1. The highest BCUT2D eigenvalue weighted by Gasteiger charge is 2.22. The topological polar surface area (TPSA) is 86.9 Å². The van der Waals surface area contributed by atoms with Gasteiger partial charge in [0.25, 0.3) is 0 Å². The average Bonchev–Trinajstić information content (AvgIpc) is 3.20. The zero-order valence-electron chi connectivity index (χ0n) is 21.0. The molecule has 0 amide bonds. The molecule has 3 heterocycles. The Kier molecular flexibility index (Phi) is 7.59. The van der Waals surface area contributed by atoms with Crippen LogP contribution in [0.25, 0.3) is 33.0 Å². The van der Waals surface area contributed by atoms with Crippen LogP contribution in [0, 0.1) is 5.82 Å². The smallest absolute Gasteiger partial charge is 0.349 e. The Balaban J connectivity index is 1.76. The molecule has 2 aromatic heterocycles. The Morgan fingerprint density at radius 2 is 2.00 bits per heavy atom. The lowest BCUT2D eigenvalue weighted by Gasteiger charge is -2.22. The van der Waals surface area contributed by atoms with Crippen LogP contribution < -0.4 is 15.3 Å². The SMILES string of the molecule is CCc1c(F)ccc2cc(OCOC)cc(-c3cc4nc(SC)nc(N5CCCOCC5)c4c(=O)o3)c12. The van der Waals surface area contributed by atoms with Gasteiger partial charge in [0.15, 0.2) is 11.9 Å². The zero-order valence-corrected chi connectivity index (χ0v) is 21.8. The number of benzene rings is 2.